The molecule has 1 aromatic carbocycles. The van der Waals surface area contributed by atoms with E-state index >= 15 is 0 Å². The summed E-state index contributed by atoms with van der Waals surface area (Å²) in [5.74, 6) is -0.256. The molecule has 0 heterocycles. The standard InChI is InChI=1S/C8H8FNS/c9-7-3-1-6(2-4-7)8(11)5-10/h1-4H,5,10H2. The zero-order valence-corrected chi connectivity index (χ0v) is 6.70. The summed E-state index contributed by atoms with van der Waals surface area (Å²) in [6.45, 7) is 0.334. The van der Waals surface area contributed by atoms with E-state index in [0.29, 0.717) is 11.4 Å². The van der Waals surface area contributed by atoms with Gasteiger partial charge < -0.3 is 5.73 Å². The largest absolute Gasteiger partial charge is 0.326 e. The highest BCUT2D eigenvalue weighted by Crippen LogP contribution is 2.03. The van der Waals surface area contributed by atoms with Crippen LogP contribution < -0.4 is 5.73 Å². The Labute approximate surface area is 70.0 Å². The molecule has 0 saturated carbocycles. The summed E-state index contributed by atoms with van der Waals surface area (Å²) >= 11 is 4.92. The van der Waals surface area contributed by atoms with Gasteiger partial charge in [0, 0.05) is 11.4 Å². The number of nitrogens with two attached hydrogens (primary N) is 1. The summed E-state index contributed by atoms with van der Waals surface area (Å²) in [6.07, 6.45) is 0. The zero-order valence-electron chi connectivity index (χ0n) is 5.88. The SMILES string of the molecule is NCC(=S)c1ccc(F)cc1. The summed E-state index contributed by atoms with van der Waals surface area (Å²) < 4.78 is 12.4. The van der Waals surface area contributed by atoms with Crippen LogP contribution >= 0.6 is 12.2 Å². The fourth-order valence-electron chi connectivity index (χ4n) is 0.754. The minimum atomic E-state index is -0.256. The van der Waals surface area contributed by atoms with Crippen LogP contribution in [0.25, 0.3) is 0 Å². The van der Waals surface area contributed by atoms with Gasteiger partial charge in [-0.2, -0.15) is 0 Å². The number of hydrogen-bond donors (Lipinski definition) is 1. The van der Waals surface area contributed by atoms with Crippen LogP contribution in [0.3, 0.4) is 0 Å². The van der Waals surface area contributed by atoms with Gasteiger partial charge in [0.25, 0.3) is 0 Å². The molecular weight excluding hydrogens is 161 g/mol. The van der Waals surface area contributed by atoms with Crippen molar-refractivity contribution in [3.63, 3.8) is 0 Å². The molecule has 0 unspecified atom stereocenters. The van der Waals surface area contributed by atoms with Crippen LogP contribution in [0.2, 0.25) is 0 Å². The second-order valence-corrected chi connectivity index (χ2v) is 2.63. The maximum Gasteiger partial charge on any atom is 0.123 e. The third-order valence-electron chi connectivity index (χ3n) is 1.35. The van der Waals surface area contributed by atoms with E-state index in [2.05, 4.69) is 0 Å². The predicted molar refractivity (Wildman–Crippen MR) is 47.2 cm³/mol. The highest BCUT2D eigenvalue weighted by molar-refractivity contribution is 7.80. The summed E-state index contributed by atoms with van der Waals surface area (Å²) in [6, 6.07) is 6.00. The average Bonchev–Trinajstić information content (AvgIpc) is 2.05. The Kier molecular flexibility index (Phi) is 2.68. The molecular formula is C8H8FNS. The van der Waals surface area contributed by atoms with Crippen LogP contribution in [0.15, 0.2) is 24.3 Å². The molecule has 0 aromatic heterocycles. The summed E-state index contributed by atoms with van der Waals surface area (Å²) in [5.41, 5.74) is 6.13. The lowest BCUT2D eigenvalue weighted by molar-refractivity contribution is 0.628. The van der Waals surface area contributed by atoms with Gasteiger partial charge >= 0.3 is 0 Å². The molecule has 0 aliphatic rings. The van der Waals surface area contributed by atoms with Gasteiger partial charge in [0.1, 0.15) is 5.82 Å². The molecule has 0 saturated heterocycles. The van der Waals surface area contributed by atoms with Crippen molar-refractivity contribution in [2.24, 2.45) is 5.73 Å². The van der Waals surface area contributed by atoms with Gasteiger partial charge in [-0.1, -0.05) is 24.4 Å². The molecule has 0 amide bonds. The molecule has 0 aliphatic heterocycles. The number of benzene rings is 1. The molecule has 1 aromatic rings. The first-order chi connectivity index (χ1) is 5.24. The van der Waals surface area contributed by atoms with Crippen LogP contribution in [0.5, 0.6) is 0 Å². The van der Waals surface area contributed by atoms with Gasteiger partial charge in [0.05, 0.1) is 0 Å². The summed E-state index contributed by atoms with van der Waals surface area (Å²) in [5, 5.41) is 0. The molecule has 1 rings (SSSR count). The van der Waals surface area contributed by atoms with E-state index in [9.17, 15) is 4.39 Å². The maximum atomic E-state index is 12.4. The van der Waals surface area contributed by atoms with E-state index in [4.69, 9.17) is 18.0 Å². The first-order valence-electron chi connectivity index (χ1n) is 3.23. The molecule has 0 fully saturated rings. The van der Waals surface area contributed by atoms with Gasteiger partial charge in [-0.25, -0.2) is 4.39 Å². The highest BCUT2D eigenvalue weighted by Gasteiger charge is 1.97. The third kappa shape index (κ3) is 2.06. The molecule has 0 bridgehead atoms. The number of halogens is 1. The normalized spacial score (nSPS) is 9.64. The lowest BCUT2D eigenvalue weighted by Crippen LogP contribution is -2.11. The molecule has 0 atom stereocenters. The molecule has 3 heteroatoms. The lowest BCUT2D eigenvalue weighted by atomic mass is 10.1. The summed E-state index contributed by atoms with van der Waals surface area (Å²) in [4.78, 5) is 0.657. The van der Waals surface area contributed by atoms with E-state index in [1.165, 1.54) is 12.1 Å². The quantitative estimate of drug-likeness (QED) is 0.536. The van der Waals surface area contributed by atoms with E-state index in [-0.39, 0.29) is 5.82 Å². The Morgan fingerprint density at radius 2 is 1.91 bits per heavy atom. The first kappa shape index (κ1) is 8.30. The van der Waals surface area contributed by atoms with Gasteiger partial charge in [-0.3, -0.25) is 0 Å². The molecule has 2 N–H and O–H groups in total. The molecule has 0 spiro atoms. The Hall–Kier alpha value is -0.800. The molecule has 0 aliphatic carbocycles. The van der Waals surface area contributed by atoms with Crippen molar-refractivity contribution in [3.8, 4) is 0 Å². The average molecular weight is 169 g/mol. The van der Waals surface area contributed by atoms with Crippen LogP contribution in [0, 0.1) is 5.82 Å². The van der Waals surface area contributed by atoms with Crippen molar-refractivity contribution < 1.29 is 4.39 Å². The molecule has 58 valence electrons. The van der Waals surface area contributed by atoms with Crippen LogP contribution in [-0.2, 0) is 0 Å². The molecule has 11 heavy (non-hydrogen) atoms. The summed E-state index contributed by atoms with van der Waals surface area (Å²) in [7, 11) is 0. The third-order valence-corrected chi connectivity index (χ3v) is 1.75. The van der Waals surface area contributed by atoms with Crippen LogP contribution in [0.1, 0.15) is 5.56 Å². The van der Waals surface area contributed by atoms with Crippen LogP contribution in [-0.4, -0.2) is 11.4 Å². The minimum absolute atomic E-state index is 0.256. The van der Waals surface area contributed by atoms with Crippen molar-refractivity contribution in [2.45, 2.75) is 0 Å². The monoisotopic (exact) mass is 169 g/mol. The van der Waals surface area contributed by atoms with Gasteiger partial charge in [0.2, 0.25) is 0 Å². The number of rotatable bonds is 2. The van der Waals surface area contributed by atoms with E-state index in [0.717, 1.165) is 5.56 Å². The van der Waals surface area contributed by atoms with Crippen LogP contribution in [0.4, 0.5) is 4.39 Å². The van der Waals surface area contributed by atoms with E-state index < -0.39 is 0 Å². The Bertz CT molecular complexity index is 255. The number of thiocarbonyl (C=S) groups is 1. The van der Waals surface area contributed by atoms with E-state index in [1.807, 2.05) is 0 Å². The van der Waals surface area contributed by atoms with Gasteiger partial charge in [-0.05, 0) is 17.7 Å². The van der Waals surface area contributed by atoms with Crippen molar-refractivity contribution in [3.05, 3.63) is 35.6 Å². The maximum absolute atomic E-state index is 12.4. The second kappa shape index (κ2) is 3.55. The van der Waals surface area contributed by atoms with Gasteiger partial charge in [-0.15, -0.1) is 0 Å². The fraction of sp³-hybridized carbons (Fsp3) is 0.125. The van der Waals surface area contributed by atoms with Crippen molar-refractivity contribution >= 4 is 17.1 Å². The smallest absolute Gasteiger partial charge is 0.123 e. The Balaban J connectivity index is 2.90. The predicted octanol–water partition coefficient (Wildman–Crippen LogP) is 1.50. The molecule has 0 radical (unpaired) electrons. The minimum Gasteiger partial charge on any atom is -0.326 e. The Morgan fingerprint density at radius 1 is 1.36 bits per heavy atom. The van der Waals surface area contributed by atoms with E-state index in [1.54, 1.807) is 12.1 Å². The second-order valence-electron chi connectivity index (χ2n) is 2.13. The van der Waals surface area contributed by atoms with Crippen molar-refractivity contribution in [1.29, 1.82) is 0 Å². The molecule has 1 nitrogen and oxygen atoms in total. The zero-order chi connectivity index (χ0) is 8.27. The topological polar surface area (TPSA) is 26.0 Å². The van der Waals surface area contributed by atoms with Crippen molar-refractivity contribution in [2.75, 3.05) is 6.54 Å². The van der Waals surface area contributed by atoms with Crippen molar-refractivity contribution in [1.82, 2.24) is 0 Å². The lowest BCUT2D eigenvalue weighted by Gasteiger charge is -1.98. The Morgan fingerprint density at radius 3 is 2.36 bits per heavy atom. The number of hydrogen-bond acceptors (Lipinski definition) is 2. The highest BCUT2D eigenvalue weighted by atomic mass is 32.1. The first-order valence-corrected chi connectivity index (χ1v) is 3.63. The fourth-order valence-corrected chi connectivity index (χ4v) is 0.890. The van der Waals surface area contributed by atoms with Gasteiger partial charge in [0.15, 0.2) is 0 Å².